The van der Waals surface area contributed by atoms with Gasteiger partial charge in [0.2, 0.25) is 11.8 Å². The fourth-order valence-corrected chi connectivity index (χ4v) is 3.61. The Kier molecular flexibility index (Phi) is 11.9. The van der Waals surface area contributed by atoms with Gasteiger partial charge in [-0.3, -0.25) is 19.2 Å². The summed E-state index contributed by atoms with van der Waals surface area (Å²) in [6.45, 7) is 4.44. The van der Waals surface area contributed by atoms with Crippen molar-refractivity contribution in [1.82, 2.24) is 24.8 Å². The van der Waals surface area contributed by atoms with Gasteiger partial charge in [-0.1, -0.05) is 32.8 Å². The summed E-state index contributed by atoms with van der Waals surface area (Å²) in [4.78, 5) is 66.4. The van der Waals surface area contributed by atoms with Crippen LogP contribution in [-0.4, -0.2) is 57.5 Å². The molecule has 0 saturated carbocycles. The molecule has 2 heterocycles. The van der Waals surface area contributed by atoms with Crippen molar-refractivity contribution in [1.29, 1.82) is 0 Å². The van der Waals surface area contributed by atoms with Crippen LogP contribution in [0, 0.1) is 5.92 Å². The highest BCUT2D eigenvalue weighted by atomic mass is 16.5. The molecule has 0 aliphatic rings. The lowest BCUT2D eigenvalue weighted by Gasteiger charge is -2.18. The lowest BCUT2D eigenvalue weighted by molar-refractivity contribution is -0.134. The van der Waals surface area contributed by atoms with Crippen LogP contribution in [0.25, 0.3) is 0 Å². The third kappa shape index (κ3) is 9.02. The molecule has 38 heavy (non-hydrogen) atoms. The monoisotopic (exact) mass is 528 g/mol. The Hall–Kier alpha value is -4.22. The van der Waals surface area contributed by atoms with Crippen LogP contribution >= 0.6 is 0 Å². The molecule has 3 amide bonds. The van der Waals surface area contributed by atoms with Crippen molar-refractivity contribution < 1.29 is 23.9 Å². The summed E-state index contributed by atoms with van der Waals surface area (Å²) in [5.74, 6) is -1.64. The highest BCUT2D eigenvalue weighted by molar-refractivity contribution is 6.00. The average molecular weight is 529 g/mol. The Morgan fingerprint density at radius 2 is 1.92 bits per heavy atom. The number of carbonyl (C=O) groups is 4. The summed E-state index contributed by atoms with van der Waals surface area (Å²) in [7, 11) is 2.89. The molecule has 2 aromatic rings. The van der Waals surface area contributed by atoms with E-state index in [-0.39, 0.29) is 36.7 Å². The number of ether oxygens (including phenoxy) is 1. The number of nitrogens with zero attached hydrogens (tertiary/aromatic N) is 3. The molecule has 0 fully saturated rings. The molecule has 0 bridgehead atoms. The van der Waals surface area contributed by atoms with Gasteiger partial charge in [0.25, 0.3) is 11.5 Å². The number of imidazole rings is 1. The molecule has 0 aromatic carbocycles. The lowest BCUT2D eigenvalue weighted by Crippen LogP contribution is -2.45. The number of nitrogens with one attached hydrogen (secondary N) is 3. The summed E-state index contributed by atoms with van der Waals surface area (Å²) >= 11 is 0. The molecule has 0 radical (unpaired) electrons. The number of anilines is 1. The molecule has 12 heteroatoms. The number of esters is 1. The Bertz CT molecular complexity index is 1200. The Balaban J connectivity index is 2.13. The van der Waals surface area contributed by atoms with E-state index in [2.05, 4.69) is 39.5 Å². The van der Waals surface area contributed by atoms with Crippen molar-refractivity contribution in [3.63, 3.8) is 0 Å². The Morgan fingerprint density at radius 3 is 2.55 bits per heavy atom. The SMILES string of the molecule is CCC(CC)CNC(=O)Cn1cccc(NC(=O)[C@@H](CCC=CC(=O)OC)NC(=O)c2cncn2C)c1=O. The molecule has 206 valence electrons. The minimum Gasteiger partial charge on any atom is -0.466 e. The summed E-state index contributed by atoms with van der Waals surface area (Å²) < 4.78 is 7.26. The number of aryl methyl sites for hydroxylation is 1. The first-order valence-electron chi connectivity index (χ1n) is 12.5. The largest absolute Gasteiger partial charge is 0.466 e. The second-order valence-corrected chi connectivity index (χ2v) is 8.75. The van der Waals surface area contributed by atoms with Crippen LogP contribution in [0.1, 0.15) is 50.0 Å². The second kappa shape index (κ2) is 15.1. The van der Waals surface area contributed by atoms with Gasteiger partial charge in [-0.25, -0.2) is 9.78 Å². The topological polar surface area (TPSA) is 153 Å². The number of pyridine rings is 1. The van der Waals surface area contributed by atoms with Crippen LogP contribution in [-0.2, 0) is 32.7 Å². The minimum absolute atomic E-state index is 0.0322. The zero-order valence-corrected chi connectivity index (χ0v) is 22.2. The van der Waals surface area contributed by atoms with Gasteiger partial charge in [0.15, 0.2) is 0 Å². The summed E-state index contributed by atoms with van der Waals surface area (Å²) in [6.07, 6.45) is 9.33. The lowest BCUT2D eigenvalue weighted by atomic mass is 10.0. The zero-order valence-electron chi connectivity index (χ0n) is 22.2. The van der Waals surface area contributed by atoms with E-state index in [9.17, 15) is 24.0 Å². The highest BCUT2D eigenvalue weighted by Gasteiger charge is 2.23. The van der Waals surface area contributed by atoms with Crippen molar-refractivity contribution in [3.8, 4) is 0 Å². The molecule has 0 aliphatic carbocycles. The van der Waals surface area contributed by atoms with Gasteiger partial charge in [0, 0.05) is 25.9 Å². The van der Waals surface area contributed by atoms with Crippen LogP contribution in [0.2, 0.25) is 0 Å². The second-order valence-electron chi connectivity index (χ2n) is 8.75. The maximum Gasteiger partial charge on any atom is 0.330 e. The van der Waals surface area contributed by atoms with E-state index < -0.39 is 29.4 Å². The maximum absolute atomic E-state index is 13.1. The molecular formula is C26H36N6O6. The van der Waals surface area contributed by atoms with Crippen LogP contribution in [0.5, 0.6) is 0 Å². The highest BCUT2D eigenvalue weighted by Crippen LogP contribution is 2.08. The van der Waals surface area contributed by atoms with E-state index in [1.54, 1.807) is 13.1 Å². The van der Waals surface area contributed by atoms with Crippen molar-refractivity contribution >= 4 is 29.4 Å². The van der Waals surface area contributed by atoms with Gasteiger partial charge in [0.1, 0.15) is 24.0 Å². The molecule has 0 saturated heterocycles. The number of rotatable bonds is 14. The van der Waals surface area contributed by atoms with Crippen LogP contribution < -0.4 is 21.5 Å². The van der Waals surface area contributed by atoms with Gasteiger partial charge >= 0.3 is 5.97 Å². The van der Waals surface area contributed by atoms with Crippen molar-refractivity contribution in [2.75, 3.05) is 19.0 Å². The standard InChI is InChI=1S/C26H36N6O6/c1-5-18(6-2)14-28-22(33)16-32-13-9-11-20(26(32)37)30-24(35)19(10-7-8-12-23(34)38-4)29-25(36)21-15-27-17-31(21)3/h8-9,11-13,15,17-19H,5-7,10,14,16H2,1-4H3,(H,28,33)(H,29,36)(H,30,35)/t19-/m1/s1. The van der Waals surface area contributed by atoms with Crippen LogP contribution in [0.4, 0.5) is 5.69 Å². The number of methoxy groups -OCH3 is 1. The normalized spacial score (nSPS) is 11.8. The molecule has 3 N–H and O–H groups in total. The Morgan fingerprint density at radius 1 is 1.18 bits per heavy atom. The number of amides is 3. The average Bonchev–Trinajstić information content (AvgIpc) is 3.34. The first-order valence-corrected chi connectivity index (χ1v) is 12.5. The van der Waals surface area contributed by atoms with Crippen molar-refractivity contribution in [3.05, 3.63) is 59.1 Å². The summed E-state index contributed by atoms with van der Waals surface area (Å²) in [6, 6.07) is 1.94. The first-order chi connectivity index (χ1) is 18.2. The summed E-state index contributed by atoms with van der Waals surface area (Å²) in [5.41, 5.74) is -0.342. The Labute approximate surface area is 221 Å². The van der Waals surface area contributed by atoms with E-state index in [0.717, 1.165) is 12.8 Å². The quantitative estimate of drug-likeness (QED) is 0.247. The molecule has 0 aliphatic heterocycles. The van der Waals surface area contributed by atoms with Gasteiger partial charge in [0.05, 0.1) is 19.6 Å². The van der Waals surface area contributed by atoms with Gasteiger partial charge in [-0.15, -0.1) is 0 Å². The predicted molar refractivity (Wildman–Crippen MR) is 141 cm³/mol. The van der Waals surface area contributed by atoms with Crippen molar-refractivity contribution in [2.24, 2.45) is 13.0 Å². The fourth-order valence-electron chi connectivity index (χ4n) is 3.61. The first kappa shape index (κ1) is 30.0. The zero-order chi connectivity index (χ0) is 28.1. The summed E-state index contributed by atoms with van der Waals surface area (Å²) in [5, 5.41) is 8.05. The molecule has 12 nitrogen and oxygen atoms in total. The van der Waals surface area contributed by atoms with Crippen molar-refractivity contribution in [2.45, 2.75) is 52.1 Å². The van der Waals surface area contributed by atoms with Gasteiger partial charge < -0.3 is 29.8 Å². The third-order valence-electron chi connectivity index (χ3n) is 6.08. The van der Waals surface area contributed by atoms with E-state index in [1.165, 1.54) is 53.2 Å². The predicted octanol–water partition coefficient (Wildman–Crippen LogP) is 1.38. The van der Waals surface area contributed by atoms with Crippen LogP contribution in [0.3, 0.4) is 0 Å². The number of aromatic nitrogens is 3. The van der Waals surface area contributed by atoms with Crippen LogP contribution in [0.15, 0.2) is 47.8 Å². The van der Waals surface area contributed by atoms with E-state index in [0.29, 0.717) is 12.5 Å². The smallest absolute Gasteiger partial charge is 0.330 e. The third-order valence-corrected chi connectivity index (χ3v) is 6.08. The molecular weight excluding hydrogens is 492 g/mol. The number of allylic oxidation sites excluding steroid dienone is 1. The fraction of sp³-hybridized carbons (Fsp3) is 0.462. The maximum atomic E-state index is 13.1. The number of hydrogen-bond acceptors (Lipinski definition) is 7. The minimum atomic E-state index is -1.03. The molecule has 0 spiro atoms. The van der Waals surface area contributed by atoms with Gasteiger partial charge in [-0.2, -0.15) is 0 Å². The van der Waals surface area contributed by atoms with E-state index in [4.69, 9.17) is 0 Å². The van der Waals surface area contributed by atoms with E-state index >= 15 is 0 Å². The van der Waals surface area contributed by atoms with E-state index in [1.807, 2.05) is 0 Å². The number of hydrogen-bond donors (Lipinski definition) is 3. The molecule has 1 atom stereocenters. The van der Waals surface area contributed by atoms with Gasteiger partial charge in [-0.05, 0) is 30.9 Å². The number of carbonyl (C=O) groups excluding carboxylic acids is 4. The molecule has 0 unspecified atom stereocenters. The molecule has 2 aromatic heterocycles. The molecule has 2 rings (SSSR count).